The van der Waals surface area contributed by atoms with Crippen molar-refractivity contribution in [2.75, 3.05) is 11.9 Å². The van der Waals surface area contributed by atoms with Crippen LogP contribution in [-0.2, 0) is 4.79 Å². The molecule has 1 saturated heterocycles. The van der Waals surface area contributed by atoms with Gasteiger partial charge >= 0.3 is 0 Å². The second-order valence-corrected chi connectivity index (χ2v) is 11.4. The van der Waals surface area contributed by atoms with Gasteiger partial charge in [0.1, 0.15) is 11.9 Å². The van der Waals surface area contributed by atoms with Gasteiger partial charge in [0.05, 0.1) is 21.8 Å². The van der Waals surface area contributed by atoms with Crippen LogP contribution < -0.4 is 5.32 Å². The summed E-state index contributed by atoms with van der Waals surface area (Å²) in [6.07, 6.45) is 5.01. The van der Waals surface area contributed by atoms with Gasteiger partial charge in [-0.1, -0.05) is 50.0 Å². The van der Waals surface area contributed by atoms with E-state index in [9.17, 15) is 4.79 Å². The number of aromatic nitrogens is 2. The molecule has 0 radical (unpaired) electrons. The number of anilines is 1. The fourth-order valence-electron chi connectivity index (χ4n) is 6.33. The van der Waals surface area contributed by atoms with Crippen LogP contribution in [0.15, 0.2) is 41.7 Å². The fourth-order valence-corrected chi connectivity index (χ4v) is 6.63. The zero-order valence-corrected chi connectivity index (χ0v) is 19.9. The number of nitrogens with one attached hydrogen (secondary N) is 1. The van der Waals surface area contributed by atoms with E-state index in [0.29, 0.717) is 10.0 Å². The van der Waals surface area contributed by atoms with Gasteiger partial charge in [0, 0.05) is 24.4 Å². The first-order chi connectivity index (χ1) is 14.6. The number of halogens is 2. The zero-order valence-electron chi connectivity index (χ0n) is 18.4. The van der Waals surface area contributed by atoms with Crippen LogP contribution in [0.1, 0.15) is 58.6 Å². The first-order valence-electron chi connectivity index (χ1n) is 10.8. The largest absolute Gasteiger partial charge is 0.344 e. The Bertz CT molecular complexity index is 1100. The predicted molar refractivity (Wildman–Crippen MR) is 124 cm³/mol. The number of hydrogen-bond donors (Lipinski definition) is 1. The van der Waals surface area contributed by atoms with Gasteiger partial charge in [0.2, 0.25) is 0 Å². The minimum absolute atomic E-state index is 0.0913. The fraction of sp³-hybridized carbons (Fsp3) is 0.500. The maximum Gasteiger partial charge on any atom is 0.254 e. The average Bonchev–Trinajstić information content (AvgIpc) is 3.22. The molecule has 1 N–H and O–H groups in total. The highest BCUT2D eigenvalue weighted by Crippen LogP contribution is 2.53. The van der Waals surface area contributed by atoms with Crippen LogP contribution in [0.4, 0.5) is 5.82 Å². The van der Waals surface area contributed by atoms with E-state index in [0.717, 1.165) is 48.5 Å². The molecule has 1 unspecified atom stereocenters. The van der Waals surface area contributed by atoms with E-state index < -0.39 is 0 Å². The summed E-state index contributed by atoms with van der Waals surface area (Å²) < 4.78 is 1.87. The van der Waals surface area contributed by atoms with Crippen molar-refractivity contribution in [3.8, 4) is 0 Å². The summed E-state index contributed by atoms with van der Waals surface area (Å²) in [6.45, 7) is 9.76. The summed E-state index contributed by atoms with van der Waals surface area (Å²) in [5, 5.41) is 8.89. The molecular weight excluding hydrogens is 431 g/mol. The number of amides is 1. The highest BCUT2D eigenvalue weighted by Gasteiger charge is 2.52. The van der Waals surface area contributed by atoms with E-state index in [-0.39, 0.29) is 28.8 Å². The summed E-state index contributed by atoms with van der Waals surface area (Å²) in [6, 6.07) is 7.40. The molecule has 0 spiro atoms. The van der Waals surface area contributed by atoms with Crippen LogP contribution in [0, 0.1) is 10.8 Å². The van der Waals surface area contributed by atoms with Gasteiger partial charge in [-0.3, -0.25) is 4.79 Å². The number of carbonyl (C=O) groups is 1. The second-order valence-electron chi connectivity index (χ2n) is 10.5. The van der Waals surface area contributed by atoms with E-state index in [2.05, 4.69) is 36.1 Å². The minimum atomic E-state index is -0.352. The normalized spacial score (nSPS) is 29.0. The van der Waals surface area contributed by atoms with Crippen LogP contribution in [0.3, 0.4) is 0 Å². The Hall–Kier alpha value is -1.98. The summed E-state index contributed by atoms with van der Waals surface area (Å²) >= 11 is 12.5. The molecule has 5 rings (SSSR count). The van der Waals surface area contributed by atoms with Crippen molar-refractivity contribution in [2.24, 2.45) is 10.8 Å². The number of allylic oxidation sites excluding steroid dienone is 1. The molecule has 1 aliphatic carbocycles. The SMILES string of the molecule is CC1=C(C(=O)N2C[C@]3(C)C[C@H]2CC(C)(C)C3)C(c2ccc(Cl)c(Cl)c2)n2nccc2N1. The number of likely N-dealkylation sites (tertiary alicyclic amines) is 1. The van der Waals surface area contributed by atoms with E-state index in [1.54, 1.807) is 12.3 Å². The maximum atomic E-state index is 14.1. The van der Waals surface area contributed by atoms with Gasteiger partial charge in [-0.15, -0.1) is 0 Å². The quantitative estimate of drug-likeness (QED) is 0.608. The van der Waals surface area contributed by atoms with Gasteiger partial charge < -0.3 is 10.2 Å². The van der Waals surface area contributed by atoms with E-state index >= 15 is 0 Å². The third kappa shape index (κ3) is 3.46. The minimum Gasteiger partial charge on any atom is -0.344 e. The van der Waals surface area contributed by atoms with Crippen LogP contribution >= 0.6 is 23.2 Å². The highest BCUT2D eigenvalue weighted by atomic mass is 35.5. The summed E-state index contributed by atoms with van der Waals surface area (Å²) in [5.74, 6) is 0.951. The first kappa shape index (κ1) is 20.9. The van der Waals surface area contributed by atoms with Crippen molar-refractivity contribution in [2.45, 2.75) is 59.0 Å². The zero-order chi connectivity index (χ0) is 22.1. The number of hydrogen-bond acceptors (Lipinski definition) is 3. The number of benzene rings is 1. The summed E-state index contributed by atoms with van der Waals surface area (Å²) in [4.78, 5) is 16.2. The Labute approximate surface area is 193 Å². The molecule has 31 heavy (non-hydrogen) atoms. The molecule has 3 heterocycles. The molecule has 3 aliphatic rings. The Morgan fingerprint density at radius 1 is 1.16 bits per heavy atom. The monoisotopic (exact) mass is 458 g/mol. The molecule has 1 aromatic carbocycles. The topological polar surface area (TPSA) is 50.2 Å². The van der Waals surface area contributed by atoms with Gasteiger partial charge in [-0.2, -0.15) is 5.10 Å². The van der Waals surface area contributed by atoms with Crippen molar-refractivity contribution in [1.29, 1.82) is 0 Å². The number of carbonyl (C=O) groups excluding carboxylic acids is 1. The summed E-state index contributed by atoms with van der Waals surface area (Å²) in [5.41, 5.74) is 2.91. The average molecular weight is 459 g/mol. The van der Waals surface area contributed by atoms with Crippen molar-refractivity contribution in [3.05, 3.63) is 57.3 Å². The van der Waals surface area contributed by atoms with Gasteiger partial charge in [0.15, 0.2) is 0 Å². The second kappa shape index (κ2) is 7.01. The lowest BCUT2D eigenvalue weighted by Gasteiger charge is -2.39. The molecule has 2 aromatic rings. The number of fused-ring (bicyclic) bond motifs is 3. The maximum absolute atomic E-state index is 14.1. The number of nitrogens with zero attached hydrogens (tertiary/aromatic N) is 3. The lowest BCUT2D eigenvalue weighted by molar-refractivity contribution is -0.128. The third-order valence-electron chi connectivity index (χ3n) is 7.07. The number of rotatable bonds is 2. The molecular formula is C24H28Cl2N4O. The lowest BCUT2D eigenvalue weighted by Crippen LogP contribution is -2.41. The first-order valence-corrected chi connectivity index (χ1v) is 11.6. The van der Waals surface area contributed by atoms with Crippen molar-refractivity contribution < 1.29 is 4.79 Å². The third-order valence-corrected chi connectivity index (χ3v) is 7.81. The molecule has 3 atom stereocenters. The molecule has 2 fully saturated rings. The van der Waals surface area contributed by atoms with Gasteiger partial charge in [-0.25, -0.2) is 4.68 Å². The van der Waals surface area contributed by atoms with E-state index in [1.807, 2.05) is 29.8 Å². The van der Waals surface area contributed by atoms with Crippen molar-refractivity contribution >= 4 is 34.9 Å². The van der Waals surface area contributed by atoms with E-state index in [4.69, 9.17) is 23.2 Å². The molecule has 2 aliphatic heterocycles. The van der Waals surface area contributed by atoms with Crippen LogP contribution in [0.5, 0.6) is 0 Å². The van der Waals surface area contributed by atoms with Crippen LogP contribution in [0.2, 0.25) is 10.0 Å². The lowest BCUT2D eigenvalue weighted by atomic mass is 9.65. The standard InChI is InChI=1S/C24H28Cl2N4O/c1-14-20(22(31)29-13-24(4)11-16(29)10-23(2,3)12-24)21(30-19(28-14)7-8-27-30)15-5-6-17(25)18(26)9-15/h5-9,16,21,28H,10-13H2,1-4H3/t16-,21?,24-/m1/s1. The Kier molecular flexibility index (Phi) is 4.73. The molecule has 5 nitrogen and oxygen atoms in total. The van der Waals surface area contributed by atoms with Crippen LogP contribution in [-0.4, -0.2) is 33.2 Å². The Balaban J connectivity index is 1.58. The Morgan fingerprint density at radius 2 is 1.94 bits per heavy atom. The van der Waals surface area contributed by atoms with Gasteiger partial charge in [-0.05, 0) is 54.7 Å². The molecule has 2 bridgehead atoms. The van der Waals surface area contributed by atoms with Crippen LogP contribution in [0.25, 0.3) is 0 Å². The van der Waals surface area contributed by atoms with Crippen molar-refractivity contribution in [3.63, 3.8) is 0 Å². The molecule has 164 valence electrons. The highest BCUT2D eigenvalue weighted by molar-refractivity contribution is 6.42. The molecule has 1 aromatic heterocycles. The van der Waals surface area contributed by atoms with Gasteiger partial charge in [0.25, 0.3) is 5.91 Å². The predicted octanol–water partition coefficient (Wildman–Crippen LogP) is 5.91. The smallest absolute Gasteiger partial charge is 0.254 e. The molecule has 7 heteroatoms. The summed E-state index contributed by atoms with van der Waals surface area (Å²) in [7, 11) is 0. The Morgan fingerprint density at radius 3 is 2.68 bits per heavy atom. The molecule has 1 amide bonds. The van der Waals surface area contributed by atoms with E-state index in [1.165, 1.54) is 0 Å². The molecule has 1 saturated carbocycles. The van der Waals surface area contributed by atoms with Crippen molar-refractivity contribution in [1.82, 2.24) is 14.7 Å².